The Morgan fingerprint density at radius 2 is 1.84 bits per heavy atom. The van der Waals surface area contributed by atoms with Crippen LogP contribution < -0.4 is 5.32 Å². The second-order valence-electron chi connectivity index (χ2n) is 7.98. The van der Waals surface area contributed by atoms with Crippen LogP contribution >= 0.6 is 11.3 Å². The molecule has 4 rings (SSSR count). The number of para-hydroxylation sites is 1. The van der Waals surface area contributed by atoms with Crippen LogP contribution in [0.2, 0.25) is 0 Å². The summed E-state index contributed by atoms with van der Waals surface area (Å²) >= 11 is 1.78. The largest absolute Gasteiger partial charge is 0.353 e. The fraction of sp³-hybridized carbons (Fsp3) is 0.619. The Morgan fingerprint density at radius 1 is 1.08 bits per heavy atom. The van der Waals surface area contributed by atoms with Crippen LogP contribution in [0.25, 0.3) is 10.2 Å². The molecule has 1 N–H and O–H groups in total. The molecule has 2 aliphatic carbocycles. The molecule has 1 heterocycles. The van der Waals surface area contributed by atoms with Crippen molar-refractivity contribution in [3.05, 3.63) is 29.3 Å². The highest BCUT2D eigenvalue weighted by molar-refractivity contribution is 7.18. The summed E-state index contributed by atoms with van der Waals surface area (Å²) in [5, 5.41) is 4.55. The van der Waals surface area contributed by atoms with Gasteiger partial charge in [-0.2, -0.15) is 0 Å². The number of carbonyl (C=O) groups excluding carboxylic acids is 1. The van der Waals surface area contributed by atoms with Gasteiger partial charge in [0.1, 0.15) is 0 Å². The van der Waals surface area contributed by atoms with Gasteiger partial charge in [0, 0.05) is 17.9 Å². The zero-order valence-corrected chi connectivity index (χ0v) is 15.9. The van der Waals surface area contributed by atoms with Gasteiger partial charge in [-0.1, -0.05) is 31.9 Å². The van der Waals surface area contributed by atoms with Gasteiger partial charge in [-0.05, 0) is 56.6 Å². The number of carbonyl (C=O) groups is 1. The number of rotatable bonds is 3. The molecule has 1 amide bonds. The molecule has 0 radical (unpaired) electrons. The highest BCUT2D eigenvalue weighted by atomic mass is 32.1. The van der Waals surface area contributed by atoms with E-state index in [-0.39, 0.29) is 11.8 Å². The molecule has 0 spiro atoms. The molecule has 2 atom stereocenters. The summed E-state index contributed by atoms with van der Waals surface area (Å²) in [4.78, 5) is 17.9. The Bertz CT molecular complexity index is 699. The molecule has 1 aromatic heterocycles. The first-order chi connectivity index (χ1) is 12.2. The SMILES string of the molecule is CC1CCC(NC(=O)[C@@H]2CCCC[C@@H]2c2nc3ccccc3s2)CC1. The second-order valence-corrected chi connectivity index (χ2v) is 9.04. The molecule has 4 heteroatoms. The summed E-state index contributed by atoms with van der Waals surface area (Å²) in [6.45, 7) is 2.32. The first-order valence-corrected chi connectivity index (χ1v) is 10.7. The lowest BCUT2D eigenvalue weighted by molar-refractivity contribution is -0.127. The summed E-state index contributed by atoms with van der Waals surface area (Å²) in [5.41, 5.74) is 1.08. The van der Waals surface area contributed by atoms with Crippen molar-refractivity contribution in [1.82, 2.24) is 10.3 Å². The van der Waals surface area contributed by atoms with Gasteiger partial charge in [-0.25, -0.2) is 4.98 Å². The van der Waals surface area contributed by atoms with Crippen molar-refractivity contribution >= 4 is 27.5 Å². The molecule has 0 unspecified atom stereocenters. The Balaban J connectivity index is 1.49. The average molecular weight is 357 g/mol. The summed E-state index contributed by atoms with van der Waals surface area (Å²) < 4.78 is 1.24. The van der Waals surface area contributed by atoms with Crippen LogP contribution in [-0.4, -0.2) is 16.9 Å². The third-order valence-electron chi connectivity index (χ3n) is 6.09. The molecule has 2 saturated carbocycles. The van der Waals surface area contributed by atoms with E-state index in [0.29, 0.717) is 12.0 Å². The molecule has 2 fully saturated rings. The van der Waals surface area contributed by atoms with Crippen LogP contribution in [0.4, 0.5) is 0 Å². The van der Waals surface area contributed by atoms with Crippen molar-refractivity contribution in [2.75, 3.05) is 0 Å². The third kappa shape index (κ3) is 3.74. The number of thiazole rings is 1. The molecule has 2 aliphatic rings. The number of amides is 1. The molecule has 2 aromatic rings. The highest BCUT2D eigenvalue weighted by Crippen LogP contribution is 2.41. The smallest absolute Gasteiger partial charge is 0.224 e. The molecular formula is C21H28N2OS. The topological polar surface area (TPSA) is 42.0 Å². The molecule has 134 valence electrons. The lowest BCUT2D eigenvalue weighted by atomic mass is 9.78. The summed E-state index contributed by atoms with van der Waals surface area (Å²) in [6.07, 6.45) is 9.27. The first kappa shape index (κ1) is 17.0. The van der Waals surface area contributed by atoms with Gasteiger partial charge in [0.15, 0.2) is 0 Å². The minimum Gasteiger partial charge on any atom is -0.353 e. The van der Waals surface area contributed by atoms with Crippen molar-refractivity contribution in [3.63, 3.8) is 0 Å². The minimum atomic E-state index is 0.105. The number of hydrogen-bond donors (Lipinski definition) is 1. The van der Waals surface area contributed by atoms with E-state index in [1.165, 1.54) is 35.4 Å². The Morgan fingerprint density at radius 3 is 2.64 bits per heavy atom. The molecule has 25 heavy (non-hydrogen) atoms. The predicted molar refractivity (Wildman–Crippen MR) is 104 cm³/mol. The standard InChI is InChI=1S/C21H28N2OS/c1-14-10-12-15(13-11-14)22-20(24)16-6-2-3-7-17(16)21-23-18-8-4-5-9-19(18)25-21/h4-5,8-9,14-17H,2-3,6-7,10-13H2,1H3,(H,22,24)/t14?,15?,16-,17+/m1/s1. The maximum atomic E-state index is 13.0. The highest BCUT2D eigenvalue weighted by Gasteiger charge is 2.35. The van der Waals surface area contributed by atoms with Crippen LogP contribution in [0.5, 0.6) is 0 Å². The van der Waals surface area contributed by atoms with Gasteiger partial charge in [0.25, 0.3) is 0 Å². The fourth-order valence-electron chi connectivity index (χ4n) is 4.50. The van der Waals surface area contributed by atoms with Crippen molar-refractivity contribution in [2.24, 2.45) is 11.8 Å². The number of aromatic nitrogens is 1. The molecular weight excluding hydrogens is 328 g/mol. The Kier molecular flexibility index (Phi) is 5.07. The lowest BCUT2D eigenvalue weighted by Gasteiger charge is -2.32. The zero-order valence-electron chi connectivity index (χ0n) is 15.0. The maximum Gasteiger partial charge on any atom is 0.224 e. The number of nitrogens with zero attached hydrogens (tertiary/aromatic N) is 1. The molecule has 1 aromatic carbocycles. The monoisotopic (exact) mass is 356 g/mol. The van der Waals surface area contributed by atoms with Gasteiger partial charge < -0.3 is 5.32 Å². The molecule has 0 aliphatic heterocycles. The number of hydrogen-bond acceptors (Lipinski definition) is 3. The number of nitrogens with one attached hydrogen (secondary N) is 1. The first-order valence-electron chi connectivity index (χ1n) is 9.86. The molecule has 0 bridgehead atoms. The summed E-state index contributed by atoms with van der Waals surface area (Å²) in [5.74, 6) is 1.50. The van der Waals surface area contributed by atoms with E-state index in [2.05, 4.69) is 30.4 Å². The van der Waals surface area contributed by atoms with E-state index in [9.17, 15) is 4.79 Å². The van der Waals surface area contributed by atoms with Crippen molar-refractivity contribution in [2.45, 2.75) is 70.3 Å². The van der Waals surface area contributed by atoms with Gasteiger partial charge in [-0.15, -0.1) is 11.3 Å². The van der Waals surface area contributed by atoms with Crippen LogP contribution in [-0.2, 0) is 4.79 Å². The van der Waals surface area contributed by atoms with Gasteiger partial charge in [0.05, 0.1) is 15.2 Å². The molecule has 3 nitrogen and oxygen atoms in total. The zero-order chi connectivity index (χ0) is 17.2. The third-order valence-corrected chi connectivity index (χ3v) is 7.26. The lowest BCUT2D eigenvalue weighted by Crippen LogP contribution is -2.43. The van der Waals surface area contributed by atoms with Gasteiger partial charge >= 0.3 is 0 Å². The second kappa shape index (κ2) is 7.45. The summed E-state index contributed by atoms with van der Waals surface area (Å²) in [6, 6.07) is 8.72. The van der Waals surface area contributed by atoms with Gasteiger partial charge in [0.2, 0.25) is 5.91 Å². The average Bonchev–Trinajstić information content (AvgIpc) is 3.07. The van der Waals surface area contributed by atoms with E-state index in [0.717, 1.165) is 37.1 Å². The van der Waals surface area contributed by atoms with Crippen molar-refractivity contribution < 1.29 is 4.79 Å². The van der Waals surface area contributed by atoms with Crippen molar-refractivity contribution in [3.8, 4) is 0 Å². The fourth-order valence-corrected chi connectivity index (χ4v) is 5.67. The van der Waals surface area contributed by atoms with Gasteiger partial charge in [-0.3, -0.25) is 4.79 Å². The van der Waals surface area contributed by atoms with Crippen LogP contribution in [0.15, 0.2) is 24.3 Å². The number of benzene rings is 1. The predicted octanol–water partition coefficient (Wildman–Crippen LogP) is 5.27. The van der Waals surface area contributed by atoms with E-state index in [1.807, 2.05) is 6.07 Å². The van der Waals surface area contributed by atoms with Crippen LogP contribution in [0.1, 0.15) is 69.2 Å². The van der Waals surface area contributed by atoms with Crippen molar-refractivity contribution in [1.29, 1.82) is 0 Å². The maximum absolute atomic E-state index is 13.0. The van der Waals surface area contributed by atoms with E-state index in [4.69, 9.17) is 4.98 Å². The quantitative estimate of drug-likeness (QED) is 0.814. The Labute approximate surface area is 154 Å². The van der Waals surface area contributed by atoms with E-state index < -0.39 is 0 Å². The van der Waals surface area contributed by atoms with Crippen LogP contribution in [0, 0.1) is 11.8 Å². The van der Waals surface area contributed by atoms with E-state index >= 15 is 0 Å². The van der Waals surface area contributed by atoms with Crippen LogP contribution in [0.3, 0.4) is 0 Å². The normalized spacial score (nSPS) is 30.3. The summed E-state index contributed by atoms with van der Waals surface area (Å²) in [7, 11) is 0. The van der Waals surface area contributed by atoms with E-state index in [1.54, 1.807) is 11.3 Å². The Hall–Kier alpha value is -1.42. The molecule has 0 saturated heterocycles. The number of fused-ring (bicyclic) bond motifs is 1. The minimum absolute atomic E-state index is 0.105.